The zero-order chi connectivity index (χ0) is 15.4. The third kappa shape index (κ3) is 5.67. The minimum absolute atomic E-state index is 0. The first-order valence-electron chi connectivity index (χ1n) is 6.32. The van der Waals surface area contributed by atoms with E-state index in [1.54, 1.807) is 0 Å². The average molecular weight is 352 g/mol. The van der Waals surface area contributed by atoms with Crippen LogP contribution in [0, 0.1) is 5.92 Å². The highest BCUT2D eigenvalue weighted by Gasteiger charge is 2.52. The molecule has 1 aliphatic rings. The van der Waals surface area contributed by atoms with Gasteiger partial charge in [0.05, 0.1) is 12.5 Å². The first-order valence-corrected chi connectivity index (χ1v) is 7.76. The van der Waals surface area contributed by atoms with Crippen LogP contribution in [0.15, 0.2) is 0 Å². The van der Waals surface area contributed by atoms with E-state index in [2.05, 4.69) is 4.74 Å². The Morgan fingerprint density at radius 2 is 1.81 bits per heavy atom. The lowest BCUT2D eigenvalue weighted by molar-refractivity contribution is -0.150. The number of ether oxygens (including phenoxy) is 1. The van der Waals surface area contributed by atoms with Crippen LogP contribution in [0.1, 0.15) is 38.5 Å². The first-order chi connectivity index (χ1) is 9.16. The highest BCUT2D eigenvalue weighted by atomic mass is 32.2. The van der Waals surface area contributed by atoms with Crippen molar-refractivity contribution in [2.45, 2.75) is 50.0 Å². The van der Waals surface area contributed by atoms with Crippen LogP contribution in [-0.4, -0.2) is 37.0 Å². The summed E-state index contributed by atoms with van der Waals surface area (Å²) in [6, 6.07) is 0. The van der Waals surface area contributed by atoms with Gasteiger partial charge in [-0.2, -0.15) is 30.7 Å². The molecule has 1 rings (SSSR count). The monoisotopic (exact) mass is 352 g/mol. The molecule has 126 valence electrons. The van der Waals surface area contributed by atoms with Crippen LogP contribution in [0.25, 0.3) is 0 Å². The molecule has 5 nitrogen and oxygen atoms in total. The molecule has 0 aromatic carbocycles. The zero-order valence-corrected chi connectivity index (χ0v) is 13.0. The Kier molecular flexibility index (Phi) is 8.04. The minimum Gasteiger partial charge on any atom is -0.465 e. The zero-order valence-electron chi connectivity index (χ0n) is 11.2. The van der Waals surface area contributed by atoms with Gasteiger partial charge in [0.1, 0.15) is 0 Å². The van der Waals surface area contributed by atoms with E-state index in [1.165, 1.54) is 0 Å². The number of hydrogen-bond acceptors (Lipinski definition) is 4. The second-order valence-corrected chi connectivity index (χ2v) is 6.29. The summed E-state index contributed by atoms with van der Waals surface area (Å²) in [5, 5.41) is -4.90. The third-order valence-electron chi connectivity index (χ3n) is 3.26. The maximum atomic E-state index is 13.1. The smallest absolute Gasteiger partial charge is 0.400 e. The number of esters is 1. The normalized spacial score (nSPS) is 18.7. The summed E-state index contributed by atoms with van der Waals surface area (Å²) in [7, 11) is -5.82. The molecule has 1 saturated carbocycles. The molecule has 0 aromatic rings. The van der Waals surface area contributed by atoms with Gasteiger partial charge in [-0.3, -0.25) is 9.35 Å². The molecule has 1 aliphatic carbocycles. The molecule has 0 aromatic heterocycles. The Morgan fingerprint density at radius 1 is 1.29 bits per heavy atom. The summed E-state index contributed by atoms with van der Waals surface area (Å²) in [6.45, 7) is -0.651. The molecule has 0 spiro atoms. The van der Waals surface area contributed by atoms with Crippen LogP contribution in [0.2, 0.25) is 0 Å². The van der Waals surface area contributed by atoms with E-state index in [-0.39, 0.29) is 19.4 Å². The average Bonchev–Trinajstić information content (AvgIpc) is 2.38. The molecule has 0 radical (unpaired) electrons. The van der Waals surface area contributed by atoms with Crippen molar-refractivity contribution in [1.29, 1.82) is 0 Å². The Morgan fingerprint density at radius 3 is 2.29 bits per heavy atom. The van der Waals surface area contributed by atoms with Gasteiger partial charge in [-0.25, -0.2) is 4.39 Å². The summed E-state index contributed by atoms with van der Waals surface area (Å²) >= 11 is 0. The van der Waals surface area contributed by atoms with E-state index in [9.17, 15) is 26.4 Å². The molecule has 0 aliphatic heterocycles. The van der Waals surface area contributed by atoms with Crippen LogP contribution in [0.4, 0.5) is 13.2 Å². The van der Waals surface area contributed by atoms with Crippen molar-refractivity contribution >= 4 is 29.6 Å². The Bertz CT molecular complexity index is 435. The number of halogens is 3. The van der Waals surface area contributed by atoms with E-state index < -0.39 is 40.5 Å². The van der Waals surface area contributed by atoms with Gasteiger partial charge in [0.25, 0.3) is 0 Å². The van der Waals surface area contributed by atoms with Crippen molar-refractivity contribution in [3.8, 4) is 0 Å². The lowest BCUT2D eigenvalue weighted by Gasteiger charge is -2.21. The van der Waals surface area contributed by atoms with Gasteiger partial charge in [-0.1, -0.05) is 19.3 Å². The molecular weight excluding hydrogens is 333 g/mol. The topological polar surface area (TPSA) is 80.7 Å². The molecule has 0 bridgehead atoms. The number of rotatable bonds is 6. The van der Waals surface area contributed by atoms with E-state index in [0.717, 1.165) is 19.3 Å². The van der Waals surface area contributed by atoms with Crippen molar-refractivity contribution in [2.75, 3.05) is 6.61 Å². The fraction of sp³-hybridized carbons (Fsp3) is 0.909. The first kappa shape index (κ1) is 20.5. The molecule has 0 heterocycles. The lowest BCUT2D eigenvalue weighted by atomic mass is 9.89. The number of carbonyl (C=O) groups excluding carboxylic acids is 1. The van der Waals surface area contributed by atoms with Gasteiger partial charge in [0.15, 0.2) is 6.17 Å². The SMILES string of the molecule is O=C(OCCC(F)C(F)(F)S(=O)(=O)O)C1CCCCC1.S. The van der Waals surface area contributed by atoms with Crippen molar-refractivity contribution in [3.63, 3.8) is 0 Å². The third-order valence-corrected chi connectivity index (χ3v) is 4.21. The second kappa shape index (κ2) is 8.23. The van der Waals surface area contributed by atoms with Gasteiger partial charge in [-0.15, -0.1) is 0 Å². The quantitative estimate of drug-likeness (QED) is 0.587. The molecular formula is C11H19F3O5S2. The molecule has 0 saturated heterocycles. The Labute approximate surface area is 128 Å². The number of carbonyl (C=O) groups is 1. The van der Waals surface area contributed by atoms with Crippen molar-refractivity contribution < 1.29 is 35.7 Å². The summed E-state index contributed by atoms with van der Waals surface area (Å²) in [5.41, 5.74) is 0. The highest BCUT2D eigenvalue weighted by molar-refractivity contribution is 7.86. The van der Waals surface area contributed by atoms with Gasteiger partial charge in [0.2, 0.25) is 0 Å². The fourth-order valence-corrected chi connectivity index (χ4v) is 2.49. The van der Waals surface area contributed by atoms with Gasteiger partial charge in [-0.05, 0) is 12.8 Å². The summed E-state index contributed by atoms with van der Waals surface area (Å²) in [6.07, 6.45) is -0.0319. The summed E-state index contributed by atoms with van der Waals surface area (Å²) in [5.74, 6) is -0.879. The van der Waals surface area contributed by atoms with Crippen molar-refractivity contribution in [1.82, 2.24) is 0 Å². The van der Waals surface area contributed by atoms with Crippen LogP contribution in [-0.2, 0) is 19.6 Å². The minimum atomic E-state index is -5.82. The van der Waals surface area contributed by atoms with Crippen LogP contribution in [0.5, 0.6) is 0 Å². The fourth-order valence-electron chi connectivity index (χ4n) is 2.05. The number of alkyl halides is 3. The Hall–Kier alpha value is -0.480. The van der Waals surface area contributed by atoms with E-state index in [0.29, 0.717) is 12.8 Å². The predicted molar refractivity (Wildman–Crippen MR) is 73.9 cm³/mol. The highest BCUT2D eigenvalue weighted by Crippen LogP contribution is 2.30. The van der Waals surface area contributed by atoms with Crippen LogP contribution < -0.4 is 0 Å². The molecule has 0 amide bonds. The maximum Gasteiger partial charge on any atom is 0.400 e. The summed E-state index contributed by atoms with van der Waals surface area (Å²) < 4.78 is 72.3. The van der Waals surface area contributed by atoms with Gasteiger partial charge >= 0.3 is 21.3 Å². The largest absolute Gasteiger partial charge is 0.465 e. The second-order valence-electron chi connectivity index (χ2n) is 4.80. The Balaban J connectivity index is 0.00000400. The van der Waals surface area contributed by atoms with Gasteiger partial charge < -0.3 is 4.74 Å². The van der Waals surface area contributed by atoms with Crippen molar-refractivity contribution in [3.05, 3.63) is 0 Å². The molecule has 21 heavy (non-hydrogen) atoms. The molecule has 1 fully saturated rings. The maximum absolute atomic E-state index is 13.1. The van der Waals surface area contributed by atoms with E-state index in [1.807, 2.05) is 0 Å². The van der Waals surface area contributed by atoms with Gasteiger partial charge in [0, 0.05) is 6.42 Å². The molecule has 1 N–H and O–H groups in total. The van der Waals surface area contributed by atoms with E-state index >= 15 is 0 Å². The van der Waals surface area contributed by atoms with E-state index in [4.69, 9.17) is 4.55 Å². The molecule has 1 atom stereocenters. The summed E-state index contributed by atoms with van der Waals surface area (Å²) in [4.78, 5) is 11.5. The standard InChI is InChI=1S/C11H17F3O5S.H2S/c12-9(11(13,14)20(16,17)18)6-7-19-10(15)8-4-2-1-3-5-8;/h8-9H,1-7H2,(H,16,17,18);1H2. The molecule has 10 heteroatoms. The van der Waals surface area contributed by atoms with Crippen LogP contribution >= 0.6 is 13.5 Å². The van der Waals surface area contributed by atoms with Crippen molar-refractivity contribution in [2.24, 2.45) is 5.92 Å². The predicted octanol–water partition coefficient (Wildman–Crippen LogP) is 2.43. The lowest BCUT2D eigenvalue weighted by Crippen LogP contribution is -2.39. The van der Waals surface area contributed by atoms with Crippen LogP contribution in [0.3, 0.4) is 0 Å². The molecule has 1 unspecified atom stereocenters. The number of hydrogen-bond donors (Lipinski definition) is 1.